The van der Waals surface area contributed by atoms with Crippen LogP contribution in [0.4, 0.5) is 4.79 Å². The Morgan fingerprint density at radius 1 is 1.40 bits per heavy atom. The summed E-state index contributed by atoms with van der Waals surface area (Å²) in [7, 11) is 3.09. The van der Waals surface area contributed by atoms with Crippen molar-refractivity contribution in [2.24, 2.45) is 5.73 Å². The lowest BCUT2D eigenvalue weighted by Gasteiger charge is -2.16. The molecule has 0 saturated heterocycles. The highest BCUT2D eigenvalue weighted by molar-refractivity contribution is 5.64. The molecule has 0 aromatic heterocycles. The van der Waals surface area contributed by atoms with Crippen molar-refractivity contribution in [3.63, 3.8) is 0 Å². The first-order valence-corrected chi connectivity index (χ1v) is 6.11. The van der Waals surface area contributed by atoms with E-state index >= 15 is 0 Å². The molecule has 112 valence electrons. The van der Waals surface area contributed by atoms with Crippen molar-refractivity contribution in [1.82, 2.24) is 5.32 Å². The first-order valence-electron chi connectivity index (χ1n) is 6.11. The zero-order valence-electron chi connectivity index (χ0n) is 11.6. The van der Waals surface area contributed by atoms with E-state index in [1.54, 1.807) is 25.3 Å². The minimum Gasteiger partial charge on any atom is -0.497 e. The van der Waals surface area contributed by atoms with Crippen molar-refractivity contribution in [3.05, 3.63) is 23.8 Å². The molecule has 7 nitrogen and oxygen atoms in total. The first-order chi connectivity index (χ1) is 9.58. The summed E-state index contributed by atoms with van der Waals surface area (Å²) in [5.74, 6) is 1.21. The zero-order valence-corrected chi connectivity index (χ0v) is 11.6. The second kappa shape index (κ2) is 8.23. The summed E-state index contributed by atoms with van der Waals surface area (Å²) in [4.78, 5) is 10.4. The summed E-state index contributed by atoms with van der Waals surface area (Å²) in [6, 6.07) is 5.20. The normalized spacial score (nSPS) is 11.8. The SMILES string of the molecule is COc1ccc(OC)c(C(O)CNCCOC(N)=O)c1. The minimum absolute atomic E-state index is 0.150. The van der Waals surface area contributed by atoms with Crippen molar-refractivity contribution in [3.8, 4) is 11.5 Å². The molecule has 1 atom stereocenters. The number of benzene rings is 1. The Morgan fingerprint density at radius 3 is 2.75 bits per heavy atom. The van der Waals surface area contributed by atoms with Crippen LogP contribution in [0.2, 0.25) is 0 Å². The van der Waals surface area contributed by atoms with Gasteiger partial charge in [0.05, 0.1) is 20.3 Å². The highest BCUT2D eigenvalue weighted by atomic mass is 16.5. The van der Waals surface area contributed by atoms with Crippen LogP contribution in [0.15, 0.2) is 18.2 Å². The van der Waals surface area contributed by atoms with E-state index in [0.29, 0.717) is 23.6 Å². The highest BCUT2D eigenvalue weighted by Gasteiger charge is 2.14. The average Bonchev–Trinajstić information content (AvgIpc) is 2.45. The number of nitrogens with two attached hydrogens (primary N) is 1. The summed E-state index contributed by atoms with van der Waals surface area (Å²) in [6.45, 7) is 0.829. The van der Waals surface area contributed by atoms with Gasteiger partial charge in [0, 0.05) is 18.7 Å². The van der Waals surface area contributed by atoms with Gasteiger partial charge < -0.3 is 30.4 Å². The number of rotatable bonds is 8. The van der Waals surface area contributed by atoms with E-state index in [0.717, 1.165) is 0 Å². The molecular weight excluding hydrogens is 264 g/mol. The molecular formula is C13H20N2O5. The molecule has 20 heavy (non-hydrogen) atoms. The number of amides is 1. The number of hydrogen-bond donors (Lipinski definition) is 3. The predicted molar refractivity (Wildman–Crippen MR) is 72.9 cm³/mol. The molecule has 0 radical (unpaired) electrons. The fraction of sp³-hybridized carbons (Fsp3) is 0.462. The fourth-order valence-corrected chi connectivity index (χ4v) is 1.67. The number of carbonyl (C=O) groups excluding carboxylic acids is 1. The van der Waals surface area contributed by atoms with Crippen LogP contribution in [0.5, 0.6) is 11.5 Å². The van der Waals surface area contributed by atoms with Gasteiger partial charge in [-0.2, -0.15) is 0 Å². The maximum Gasteiger partial charge on any atom is 0.404 e. The van der Waals surface area contributed by atoms with Crippen LogP contribution in [0.25, 0.3) is 0 Å². The lowest BCUT2D eigenvalue weighted by atomic mass is 10.1. The summed E-state index contributed by atoms with van der Waals surface area (Å²) in [6.07, 6.45) is -1.59. The quantitative estimate of drug-likeness (QED) is 0.598. The molecule has 7 heteroatoms. The number of aliphatic hydroxyl groups excluding tert-OH is 1. The van der Waals surface area contributed by atoms with E-state index in [1.165, 1.54) is 7.11 Å². The van der Waals surface area contributed by atoms with E-state index in [1.807, 2.05) is 0 Å². The summed E-state index contributed by atoms with van der Waals surface area (Å²) in [5.41, 5.74) is 5.45. The van der Waals surface area contributed by atoms with Crippen LogP contribution in [-0.2, 0) is 4.74 Å². The van der Waals surface area contributed by atoms with Gasteiger partial charge in [-0.25, -0.2) is 4.79 Å². The van der Waals surface area contributed by atoms with Gasteiger partial charge in [-0.3, -0.25) is 0 Å². The number of primary amides is 1. The predicted octanol–water partition coefficient (Wildman–Crippen LogP) is 0.422. The Hall–Kier alpha value is -1.99. The third kappa shape index (κ3) is 4.94. The van der Waals surface area contributed by atoms with Gasteiger partial charge in [0.2, 0.25) is 0 Å². The van der Waals surface area contributed by atoms with Gasteiger partial charge in [0.25, 0.3) is 0 Å². The Balaban J connectivity index is 2.53. The number of carbonyl (C=O) groups is 1. The van der Waals surface area contributed by atoms with Crippen molar-refractivity contribution >= 4 is 6.09 Å². The number of nitrogens with one attached hydrogen (secondary N) is 1. The van der Waals surface area contributed by atoms with Gasteiger partial charge in [-0.05, 0) is 18.2 Å². The molecule has 4 N–H and O–H groups in total. The summed E-state index contributed by atoms with van der Waals surface area (Å²) < 4.78 is 14.9. The Bertz CT molecular complexity index is 439. The molecule has 1 aromatic carbocycles. The van der Waals surface area contributed by atoms with Crippen LogP contribution in [0.3, 0.4) is 0 Å². The molecule has 0 fully saturated rings. The lowest BCUT2D eigenvalue weighted by Crippen LogP contribution is -2.27. The molecule has 0 aliphatic heterocycles. The standard InChI is InChI=1S/C13H20N2O5/c1-18-9-3-4-12(19-2)10(7-9)11(16)8-15-5-6-20-13(14)17/h3-4,7,11,15-16H,5-6,8H2,1-2H3,(H2,14,17). The first kappa shape index (κ1) is 16.1. The Kier molecular flexibility index (Phi) is 6.61. The van der Waals surface area contributed by atoms with Crippen LogP contribution in [0.1, 0.15) is 11.7 Å². The van der Waals surface area contributed by atoms with E-state index < -0.39 is 12.2 Å². The second-order valence-electron chi connectivity index (χ2n) is 4.00. The van der Waals surface area contributed by atoms with E-state index in [2.05, 4.69) is 10.1 Å². The van der Waals surface area contributed by atoms with Gasteiger partial charge in [0.15, 0.2) is 0 Å². The lowest BCUT2D eigenvalue weighted by molar-refractivity contribution is 0.148. The van der Waals surface area contributed by atoms with Crippen LogP contribution >= 0.6 is 0 Å². The Labute approximate surface area is 117 Å². The molecule has 0 bridgehead atoms. The highest BCUT2D eigenvalue weighted by Crippen LogP contribution is 2.28. The molecule has 1 aromatic rings. The third-order valence-electron chi connectivity index (χ3n) is 2.66. The molecule has 1 unspecified atom stereocenters. The molecule has 0 saturated carbocycles. The average molecular weight is 284 g/mol. The molecule has 1 rings (SSSR count). The van der Waals surface area contributed by atoms with Crippen LogP contribution < -0.4 is 20.5 Å². The minimum atomic E-state index is -0.818. The van der Waals surface area contributed by atoms with Gasteiger partial charge in [-0.1, -0.05) is 0 Å². The fourth-order valence-electron chi connectivity index (χ4n) is 1.67. The third-order valence-corrected chi connectivity index (χ3v) is 2.66. The smallest absolute Gasteiger partial charge is 0.404 e. The number of aliphatic hydroxyl groups is 1. The maximum atomic E-state index is 10.4. The largest absolute Gasteiger partial charge is 0.497 e. The second-order valence-corrected chi connectivity index (χ2v) is 4.00. The molecule has 0 aliphatic rings. The molecule has 0 spiro atoms. The van der Waals surface area contributed by atoms with Crippen molar-refractivity contribution < 1.29 is 24.1 Å². The van der Waals surface area contributed by atoms with Crippen molar-refractivity contribution in [2.75, 3.05) is 33.9 Å². The maximum absolute atomic E-state index is 10.4. The van der Waals surface area contributed by atoms with Crippen molar-refractivity contribution in [1.29, 1.82) is 0 Å². The summed E-state index contributed by atoms with van der Waals surface area (Å²) in [5, 5.41) is 13.1. The number of ether oxygens (including phenoxy) is 3. The number of methoxy groups -OCH3 is 2. The van der Waals surface area contributed by atoms with E-state index in [9.17, 15) is 9.90 Å². The van der Waals surface area contributed by atoms with Gasteiger partial charge in [0.1, 0.15) is 18.1 Å². The van der Waals surface area contributed by atoms with Crippen LogP contribution in [-0.4, -0.2) is 45.1 Å². The van der Waals surface area contributed by atoms with Gasteiger partial charge >= 0.3 is 6.09 Å². The Morgan fingerprint density at radius 2 is 2.15 bits per heavy atom. The monoisotopic (exact) mass is 284 g/mol. The summed E-state index contributed by atoms with van der Waals surface area (Å²) >= 11 is 0. The molecule has 0 aliphatic carbocycles. The molecule has 1 amide bonds. The topological polar surface area (TPSA) is 103 Å². The van der Waals surface area contributed by atoms with Crippen LogP contribution in [0, 0.1) is 0 Å². The van der Waals surface area contributed by atoms with E-state index in [-0.39, 0.29) is 13.2 Å². The van der Waals surface area contributed by atoms with Gasteiger partial charge in [-0.15, -0.1) is 0 Å². The molecule has 0 heterocycles. The zero-order chi connectivity index (χ0) is 15.0. The number of hydrogen-bond acceptors (Lipinski definition) is 6. The van der Waals surface area contributed by atoms with E-state index in [4.69, 9.17) is 15.2 Å². The van der Waals surface area contributed by atoms with Crippen molar-refractivity contribution in [2.45, 2.75) is 6.10 Å².